The quantitative estimate of drug-likeness (QED) is 0.649. The van der Waals surface area contributed by atoms with Gasteiger partial charge in [0.15, 0.2) is 0 Å². The summed E-state index contributed by atoms with van der Waals surface area (Å²) in [5.74, 6) is 0.533. The van der Waals surface area contributed by atoms with Crippen molar-refractivity contribution < 1.29 is 17.9 Å². The van der Waals surface area contributed by atoms with E-state index in [4.69, 9.17) is 4.74 Å². The topological polar surface area (TPSA) is 9.23 Å². The summed E-state index contributed by atoms with van der Waals surface area (Å²) in [5, 5.41) is 0. The normalized spacial score (nSPS) is 13.1. The van der Waals surface area contributed by atoms with Gasteiger partial charge in [0.2, 0.25) is 0 Å². The van der Waals surface area contributed by atoms with Crippen LogP contribution >= 0.6 is 0 Å². The third kappa shape index (κ3) is 4.01. The lowest BCUT2D eigenvalue weighted by molar-refractivity contribution is -0.137. The summed E-state index contributed by atoms with van der Waals surface area (Å²) < 4.78 is 43.8. The molecule has 4 heteroatoms. The molecule has 0 N–H and O–H groups in total. The first-order valence-electron chi connectivity index (χ1n) is 6.38. The van der Waals surface area contributed by atoms with Gasteiger partial charge in [-0.2, -0.15) is 13.2 Å². The van der Waals surface area contributed by atoms with Gasteiger partial charge in [0.05, 0.1) is 12.2 Å². The third-order valence-corrected chi connectivity index (χ3v) is 3.02. The monoisotopic (exact) mass is 272 g/mol. The summed E-state index contributed by atoms with van der Waals surface area (Å²) in [4.78, 5) is 0. The predicted octanol–water partition coefficient (Wildman–Crippen LogP) is 5.17. The highest BCUT2D eigenvalue weighted by Crippen LogP contribution is 2.37. The molecule has 0 aromatic heterocycles. The van der Waals surface area contributed by atoms with E-state index in [1.807, 2.05) is 13.8 Å². The molecular formula is C15H19F3O. The third-order valence-electron chi connectivity index (χ3n) is 3.02. The van der Waals surface area contributed by atoms with Crippen molar-refractivity contribution in [1.29, 1.82) is 0 Å². The van der Waals surface area contributed by atoms with Gasteiger partial charge >= 0.3 is 6.18 Å². The molecule has 0 saturated heterocycles. The summed E-state index contributed by atoms with van der Waals surface area (Å²) in [5.41, 5.74) is -0.0208. The smallest absolute Gasteiger partial charge is 0.416 e. The van der Waals surface area contributed by atoms with E-state index in [1.165, 1.54) is 12.1 Å². The van der Waals surface area contributed by atoms with Crippen molar-refractivity contribution in [2.45, 2.75) is 38.8 Å². The molecule has 1 rings (SSSR count). The number of allylic oxidation sites excluding steroid dienone is 1. The zero-order valence-electron chi connectivity index (χ0n) is 11.3. The summed E-state index contributed by atoms with van der Waals surface area (Å²) in [7, 11) is 0. The highest BCUT2D eigenvalue weighted by atomic mass is 19.4. The van der Waals surface area contributed by atoms with Gasteiger partial charge in [0, 0.05) is 0 Å². The van der Waals surface area contributed by atoms with Crippen LogP contribution in [0, 0.1) is 0 Å². The largest absolute Gasteiger partial charge is 0.494 e. The van der Waals surface area contributed by atoms with Crippen LogP contribution in [-0.2, 0) is 6.18 Å². The predicted molar refractivity (Wildman–Crippen MR) is 70.5 cm³/mol. The molecule has 106 valence electrons. The Morgan fingerprint density at radius 3 is 2.47 bits per heavy atom. The van der Waals surface area contributed by atoms with Gasteiger partial charge in [0.25, 0.3) is 0 Å². The molecule has 19 heavy (non-hydrogen) atoms. The van der Waals surface area contributed by atoms with E-state index in [1.54, 1.807) is 6.08 Å². The highest BCUT2D eigenvalue weighted by Gasteiger charge is 2.31. The van der Waals surface area contributed by atoms with E-state index in [9.17, 15) is 13.2 Å². The number of alkyl halides is 3. The minimum Gasteiger partial charge on any atom is -0.494 e. The van der Waals surface area contributed by atoms with Crippen LogP contribution in [0.2, 0.25) is 0 Å². The molecule has 1 aromatic rings. The highest BCUT2D eigenvalue weighted by molar-refractivity contribution is 5.41. The van der Waals surface area contributed by atoms with Crippen molar-refractivity contribution in [2.24, 2.45) is 0 Å². The molecule has 0 aliphatic carbocycles. The first-order valence-corrected chi connectivity index (χ1v) is 6.38. The van der Waals surface area contributed by atoms with Gasteiger partial charge in [-0.15, -0.1) is 6.58 Å². The Balaban J connectivity index is 3.24. The van der Waals surface area contributed by atoms with E-state index in [-0.39, 0.29) is 5.92 Å². The lowest BCUT2D eigenvalue weighted by Crippen LogP contribution is -2.09. The Kier molecular flexibility index (Phi) is 5.45. The number of hydrogen-bond acceptors (Lipinski definition) is 1. The molecule has 1 unspecified atom stereocenters. The average molecular weight is 272 g/mol. The Bertz CT molecular complexity index is 424. The fourth-order valence-corrected chi connectivity index (χ4v) is 2.05. The maximum absolute atomic E-state index is 12.8. The van der Waals surface area contributed by atoms with E-state index in [2.05, 4.69) is 6.58 Å². The van der Waals surface area contributed by atoms with Crippen molar-refractivity contribution >= 4 is 0 Å². The molecule has 0 saturated carbocycles. The van der Waals surface area contributed by atoms with E-state index >= 15 is 0 Å². The van der Waals surface area contributed by atoms with Crippen LogP contribution < -0.4 is 4.74 Å². The van der Waals surface area contributed by atoms with Crippen molar-refractivity contribution in [1.82, 2.24) is 0 Å². The second kappa shape index (κ2) is 6.64. The van der Waals surface area contributed by atoms with Crippen LogP contribution in [0.5, 0.6) is 5.75 Å². The number of ether oxygens (including phenoxy) is 1. The molecule has 0 fully saturated rings. The van der Waals surface area contributed by atoms with Crippen molar-refractivity contribution in [2.75, 3.05) is 6.61 Å². The number of benzene rings is 1. The molecule has 1 nitrogen and oxygen atoms in total. The first-order chi connectivity index (χ1) is 8.93. The Hall–Kier alpha value is -1.45. The van der Waals surface area contributed by atoms with Crippen molar-refractivity contribution in [3.63, 3.8) is 0 Å². The van der Waals surface area contributed by atoms with E-state index in [0.29, 0.717) is 24.3 Å². The fourth-order valence-electron chi connectivity index (χ4n) is 2.05. The Labute approximate surface area is 112 Å². The number of rotatable bonds is 6. The minimum atomic E-state index is -4.33. The maximum atomic E-state index is 12.8. The van der Waals surface area contributed by atoms with Crippen LogP contribution in [0.25, 0.3) is 0 Å². The summed E-state index contributed by atoms with van der Waals surface area (Å²) >= 11 is 0. The standard InChI is InChI=1S/C15H19F3O/c1-4-7-11(5-2)13-10-12(15(16,17)18)8-9-14(13)19-6-3/h4,8-11H,1,5-7H2,2-3H3. The maximum Gasteiger partial charge on any atom is 0.416 e. The zero-order valence-corrected chi connectivity index (χ0v) is 11.3. The van der Waals surface area contributed by atoms with Gasteiger partial charge in [-0.1, -0.05) is 13.0 Å². The van der Waals surface area contributed by atoms with Crippen LogP contribution in [-0.4, -0.2) is 6.61 Å². The number of halogens is 3. The molecule has 0 heterocycles. The summed E-state index contributed by atoms with van der Waals surface area (Å²) in [6, 6.07) is 3.67. The lowest BCUT2D eigenvalue weighted by atomic mass is 9.91. The lowest BCUT2D eigenvalue weighted by Gasteiger charge is -2.19. The molecule has 1 aromatic carbocycles. The molecule has 0 bridgehead atoms. The van der Waals surface area contributed by atoms with Crippen LogP contribution in [0.3, 0.4) is 0 Å². The zero-order chi connectivity index (χ0) is 14.5. The van der Waals surface area contributed by atoms with Crippen LogP contribution in [0.1, 0.15) is 43.7 Å². The molecule has 0 aliphatic heterocycles. The van der Waals surface area contributed by atoms with Gasteiger partial charge < -0.3 is 4.74 Å². The van der Waals surface area contributed by atoms with E-state index < -0.39 is 11.7 Å². The van der Waals surface area contributed by atoms with Crippen LogP contribution in [0.15, 0.2) is 30.9 Å². The molecule has 0 radical (unpaired) electrons. The Morgan fingerprint density at radius 2 is 2.00 bits per heavy atom. The molecular weight excluding hydrogens is 253 g/mol. The van der Waals surface area contributed by atoms with Gasteiger partial charge in [0.1, 0.15) is 5.75 Å². The van der Waals surface area contributed by atoms with Crippen LogP contribution in [0.4, 0.5) is 13.2 Å². The average Bonchev–Trinajstić information content (AvgIpc) is 2.36. The minimum absolute atomic E-state index is 0.00125. The fraction of sp³-hybridized carbons (Fsp3) is 0.467. The SMILES string of the molecule is C=CCC(CC)c1cc(C(F)(F)F)ccc1OCC. The molecule has 0 aliphatic rings. The summed E-state index contributed by atoms with van der Waals surface area (Å²) in [6.07, 6.45) is -1.22. The summed E-state index contributed by atoms with van der Waals surface area (Å²) in [6.45, 7) is 7.86. The Morgan fingerprint density at radius 1 is 1.32 bits per heavy atom. The molecule has 1 atom stereocenters. The van der Waals surface area contributed by atoms with Gasteiger partial charge in [-0.05, 0) is 49.4 Å². The van der Waals surface area contributed by atoms with Gasteiger partial charge in [-0.3, -0.25) is 0 Å². The molecule has 0 spiro atoms. The van der Waals surface area contributed by atoms with Crippen molar-refractivity contribution in [3.05, 3.63) is 42.0 Å². The van der Waals surface area contributed by atoms with Crippen molar-refractivity contribution in [3.8, 4) is 5.75 Å². The van der Waals surface area contributed by atoms with Gasteiger partial charge in [-0.25, -0.2) is 0 Å². The second-order valence-electron chi connectivity index (χ2n) is 4.31. The first kappa shape index (κ1) is 15.6. The molecule has 0 amide bonds. The van der Waals surface area contributed by atoms with E-state index in [0.717, 1.165) is 12.5 Å². The second-order valence-corrected chi connectivity index (χ2v) is 4.31. The number of hydrogen-bond donors (Lipinski definition) is 0.